The number of nitro groups is 1. The Bertz CT molecular complexity index is 507. The van der Waals surface area contributed by atoms with Crippen LogP contribution in [-0.4, -0.2) is 67.2 Å². The summed E-state index contributed by atoms with van der Waals surface area (Å²) in [5.41, 5.74) is 0. The molecule has 0 radical (unpaired) electrons. The van der Waals surface area contributed by atoms with Crippen molar-refractivity contribution in [2.75, 3.05) is 13.7 Å². The van der Waals surface area contributed by atoms with E-state index in [0.717, 1.165) is 20.8 Å². The molecule has 0 amide bonds. The van der Waals surface area contributed by atoms with Gasteiger partial charge in [-0.1, -0.05) is 0 Å². The fourth-order valence-electron chi connectivity index (χ4n) is 2.34. The zero-order valence-corrected chi connectivity index (χ0v) is 13.6. The topological polar surface area (TPSA) is 141 Å². The average molecular weight is 349 g/mol. The molecule has 11 nitrogen and oxygen atoms in total. The van der Waals surface area contributed by atoms with Crippen LogP contribution in [0.15, 0.2) is 0 Å². The van der Waals surface area contributed by atoms with E-state index >= 15 is 0 Å². The first-order valence-corrected chi connectivity index (χ1v) is 6.97. The van der Waals surface area contributed by atoms with E-state index in [0.29, 0.717) is 0 Å². The molecule has 0 saturated carbocycles. The van der Waals surface area contributed by atoms with Crippen molar-refractivity contribution in [2.24, 2.45) is 0 Å². The molecule has 0 spiro atoms. The van der Waals surface area contributed by atoms with Gasteiger partial charge in [0.2, 0.25) is 6.54 Å². The van der Waals surface area contributed by atoms with Crippen molar-refractivity contribution < 1.29 is 43.0 Å². The highest BCUT2D eigenvalue weighted by Crippen LogP contribution is 2.29. The monoisotopic (exact) mass is 349 g/mol. The molecule has 24 heavy (non-hydrogen) atoms. The fraction of sp³-hybridized carbons (Fsp3) is 0.769. The van der Waals surface area contributed by atoms with Gasteiger partial charge in [0.15, 0.2) is 30.7 Å². The molecule has 1 fully saturated rings. The molecule has 0 aromatic carbocycles. The summed E-state index contributed by atoms with van der Waals surface area (Å²) in [7, 11) is 1.22. The Kier molecular flexibility index (Phi) is 7.04. The Morgan fingerprint density at radius 3 is 1.83 bits per heavy atom. The summed E-state index contributed by atoms with van der Waals surface area (Å²) in [6, 6.07) is 0. The lowest BCUT2D eigenvalue weighted by atomic mass is 9.97. The highest BCUT2D eigenvalue weighted by molar-refractivity contribution is 5.68. The van der Waals surface area contributed by atoms with E-state index in [-0.39, 0.29) is 0 Å². The molecule has 0 bridgehead atoms. The molecule has 1 aliphatic rings. The lowest BCUT2D eigenvalue weighted by molar-refractivity contribution is -0.501. The van der Waals surface area contributed by atoms with E-state index in [4.69, 9.17) is 23.7 Å². The highest BCUT2D eigenvalue weighted by Gasteiger charge is 2.53. The van der Waals surface area contributed by atoms with Crippen molar-refractivity contribution in [2.45, 2.75) is 51.5 Å². The minimum absolute atomic E-state index is 0.676. The van der Waals surface area contributed by atoms with Gasteiger partial charge < -0.3 is 23.7 Å². The Labute approximate surface area is 137 Å². The van der Waals surface area contributed by atoms with E-state index in [9.17, 15) is 24.5 Å². The van der Waals surface area contributed by atoms with Crippen molar-refractivity contribution in [3.63, 3.8) is 0 Å². The van der Waals surface area contributed by atoms with E-state index in [2.05, 4.69) is 0 Å². The largest absolute Gasteiger partial charge is 0.455 e. The molecule has 136 valence electrons. The van der Waals surface area contributed by atoms with Gasteiger partial charge >= 0.3 is 17.9 Å². The van der Waals surface area contributed by atoms with Crippen LogP contribution in [0.4, 0.5) is 0 Å². The normalized spacial score (nSPS) is 29.4. The molecular weight excluding hydrogens is 330 g/mol. The van der Waals surface area contributed by atoms with Crippen molar-refractivity contribution in [1.82, 2.24) is 0 Å². The molecule has 0 N–H and O–H groups in total. The molecule has 1 aliphatic heterocycles. The maximum Gasteiger partial charge on any atom is 0.303 e. The minimum atomic E-state index is -1.34. The fourth-order valence-corrected chi connectivity index (χ4v) is 2.34. The van der Waals surface area contributed by atoms with Crippen LogP contribution in [0.1, 0.15) is 20.8 Å². The van der Waals surface area contributed by atoms with Gasteiger partial charge in [-0.3, -0.25) is 24.5 Å². The standard InChI is InChI=1S/C13H19NO10/c1-6(15)21-10-9(5-14(18)19)24-13(20-4)12(23-8(3)17)11(10)22-7(2)16/h9-13H,5H2,1-4H3/t9-,10+,11-,12-,13+/m1/s1. The molecule has 1 saturated heterocycles. The summed E-state index contributed by atoms with van der Waals surface area (Å²) in [6.45, 7) is 2.55. The summed E-state index contributed by atoms with van der Waals surface area (Å²) in [5.74, 6) is -2.26. The molecule has 1 heterocycles. The van der Waals surface area contributed by atoms with E-state index in [1.807, 2.05) is 0 Å². The van der Waals surface area contributed by atoms with Crippen molar-refractivity contribution >= 4 is 17.9 Å². The van der Waals surface area contributed by atoms with Gasteiger partial charge in [0.1, 0.15) is 0 Å². The second-order valence-electron chi connectivity index (χ2n) is 5.02. The predicted octanol–water partition coefficient (Wildman–Crippen LogP) is -0.570. The molecule has 5 atom stereocenters. The first-order valence-electron chi connectivity index (χ1n) is 6.97. The summed E-state index contributed by atoms with van der Waals surface area (Å²) in [6.07, 6.45) is -6.42. The molecular formula is C13H19NO10. The summed E-state index contributed by atoms with van der Waals surface area (Å²) < 4.78 is 25.6. The van der Waals surface area contributed by atoms with Crippen LogP contribution >= 0.6 is 0 Å². The van der Waals surface area contributed by atoms with Crippen molar-refractivity contribution in [3.05, 3.63) is 10.1 Å². The van der Waals surface area contributed by atoms with Crippen LogP contribution in [0.2, 0.25) is 0 Å². The Morgan fingerprint density at radius 2 is 1.42 bits per heavy atom. The third kappa shape index (κ3) is 5.42. The van der Waals surface area contributed by atoms with Crippen LogP contribution in [-0.2, 0) is 38.1 Å². The summed E-state index contributed by atoms with van der Waals surface area (Å²) in [4.78, 5) is 44.2. The lowest BCUT2D eigenvalue weighted by Gasteiger charge is -2.42. The number of carbonyl (C=O) groups is 3. The van der Waals surface area contributed by atoms with Gasteiger partial charge in [-0.25, -0.2) is 0 Å². The molecule has 11 heteroatoms. The van der Waals surface area contributed by atoms with Crippen molar-refractivity contribution in [3.8, 4) is 0 Å². The average Bonchev–Trinajstić information content (AvgIpc) is 2.42. The lowest BCUT2D eigenvalue weighted by Crippen LogP contribution is -2.63. The molecule has 0 aromatic heterocycles. The molecule has 0 aromatic rings. The van der Waals surface area contributed by atoms with Gasteiger partial charge in [0.05, 0.1) is 0 Å². The van der Waals surface area contributed by atoms with Gasteiger partial charge in [-0.05, 0) is 0 Å². The Balaban J connectivity index is 3.23. The van der Waals surface area contributed by atoms with Crippen molar-refractivity contribution in [1.29, 1.82) is 0 Å². The van der Waals surface area contributed by atoms with E-state index in [1.165, 1.54) is 7.11 Å². The molecule has 0 aliphatic carbocycles. The second-order valence-corrected chi connectivity index (χ2v) is 5.02. The predicted molar refractivity (Wildman–Crippen MR) is 74.2 cm³/mol. The number of rotatable bonds is 6. The zero-order valence-electron chi connectivity index (χ0n) is 13.6. The number of hydrogen-bond acceptors (Lipinski definition) is 10. The van der Waals surface area contributed by atoms with Crippen LogP contribution in [0, 0.1) is 10.1 Å². The third-order valence-corrected chi connectivity index (χ3v) is 3.06. The number of nitrogens with zero attached hydrogens (tertiary/aromatic N) is 1. The number of ether oxygens (including phenoxy) is 5. The highest BCUT2D eigenvalue weighted by atomic mass is 16.7. The SMILES string of the molecule is CO[C@H]1O[C@H](C[N+](=O)[O-])[C@H](OC(C)=O)[C@@H](OC(C)=O)[C@H]1OC(C)=O. The van der Waals surface area contributed by atoms with Crippen LogP contribution in [0.5, 0.6) is 0 Å². The molecule has 0 unspecified atom stereocenters. The number of esters is 3. The maximum atomic E-state index is 11.4. The molecule has 1 rings (SSSR count). The Hall–Kier alpha value is -2.27. The van der Waals surface area contributed by atoms with Gasteiger partial charge in [-0.2, -0.15) is 0 Å². The Morgan fingerprint density at radius 1 is 0.958 bits per heavy atom. The van der Waals surface area contributed by atoms with Crippen LogP contribution in [0.3, 0.4) is 0 Å². The van der Waals surface area contributed by atoms with Crippen LogP contribution in [0.25, 0.3) is 0 Å². The van der Waals surface area contributed by atoms with Gasteiger partial charge in [0.25, 0.3) is 0 Å². The summed E-state index contributed by atoms with van der Waals surface area (Å²) in [5, 5.41) is 10.8. The third-order valence-electron chi connectivity index (χ3n) is 3.06. The maximum absolute atomic E-state index is 11.4. The summed E-state index contributed by atoms with van der Waals surface area (Å²) >= 11 is 0. The first kappa shape index (κ1) is 19.8. The quantitative estimate of drug-likeness (QED) is 0.265. The number of hydrogen-bond donors (Lipinski definition) is 0. The van der Waals surface area contributed by atoms with E-state index < -0.39 is 60.1 Å². The number of carbonyl (C=O) groups excluding carboxylic acids is 3. The first-order chi connectivity index (χ1) is 11.1. The van der Waals surface area contributed by atoms with E-state index in [1.54, 1.807) is 0 Å². The minimum Gasteiger partial charge on any atom is -0.455 e. The number of methoxy groups -OCH3 is 1. The van der Waals surface area contributed by atoms with Gasteiger partial charge in [-0.15, -0.1) is 0 Å². The second kappa shape index (κ2) is 8.55. The van der Waals surface area contributed by atoms with Gasteiger partial charge in [0, 0.05) is 32.8 Å². The zero-order chi connectivity index (χ0) is 18.4. The van der Waals surface area contributed by atoms with Crippen LogP contribution < -0.4 is 0 Å². The smallest absolute Gasteiger partial charge is 0.303 e.